The third-order valence-electron chi connectivity index (χ3n) is 7.37. The Kier molecular flexibility index (Phi) is 19.1. The maximum atomic E-state index is 12.1. The molecule has 0 saturated heterocycles. The molecule has 0 bridgehead atoms. The van der Waals surface area contributed by atoms with Gasteiger partial charge in [-0.2, -0.15) is 0 Å². The molecule has 1 amide bonds. The van der Waals surface area contributed by atoms with Crippen LogP contribution < -0.4 is 5.73 Å². The highest BCUT2D eigenvalue weighted by atomic mass is 35.5. The van der Waals surface area contributed by atoms with Gasteiger partial charge in [-0.3, -0.25) is 4.79 Å². The summed E-state index contributed by atoms with van der Waals surface area (Å²) >= 11 is 6.30. The molecular formula is C33H48ClNO11. The van der Waals surface area contributed by atoms with Crippen molar-refractivity contribution in [2.75, 3.05) is 0 Å². The first-order valence-corrected chi connectivity index (χ1v) is 15.6. The number of amides is 1. The van der Waals surface area contributed by atoms with Crippen molar-refractivity contribution in [1.29, 1.82) is 0 Å². The smallest absolute Gasteiger partial charge is 0.405 e. The first kappa shape index (κ1) is 40.8. The molecule has 13 heteroatoms. The van der Waals surface area contributed by atoms with Crippen LogP contribution in [0.25, 0.3) is 0 Å². The number of nitrogens with two attached hydrogens (primary N) is 1. The number of aliphatic hydroxyl groups excluding tert-OH is 5. The fourth-order valence-corrected chi connectivity index (χ4v) is 4.83. The lowest BCUT2D eigenvalue weighted by molar-refractivity contribution is -0.159. The lowest BCUT2D eigenvalue weighted by Crippen LogP contribution is -2.43. The largest absolute Gasteiger partial charge is 0.481 e. The van der Waals surface area contributed by atoms with E-state index in [1.54, 1.807) is 49.5 Å². The van der Waals surface area contributed by atoms with Crippen LogP contribution in [0.2, 0.25) is 0 Å². The molecule has 12 nitrogen and oxygen atoms in total. The fraction of sp³-hybridized carbons (Fsp3) is 0.545. The van der Waals surface area contributed by atoms with Gasteiger partial charge in [-0.05, 0) is 38.3 Å². The Hall–Kier alpha value is -3.26. The normalized spacial score (nSPS) is 23.8. The molecule has 0 aromatic heterocycles. The van der Waals surface area contributed by atoms with E-state index >= 15 is 0 Å². The Morgan fingerprint density at radius 3 is 2.26 bits per heavy atom. The van der Waals surface area contributed by atoms with Gasteiger partial charge in [0.05, 0.1) is 30.3 Å². The molecule has 1 saturated carbocycles. The van der Waals surface area contributed by atoms with Crippen LogP contribution in [-0.4, -0.2) is 91.4 Å². The summed E-state index contributed by atoms with van der Waals surface area (Å²) in [5.41, 5.74) is 5.87. The van der Waals surface area contributed by atoms with Crippen LogP contribution in [0.4, 0.5) is 4.79 Å². The Morgan fingerprint density at radius 2 is 1.63 bits per heavy atom. The molecule has 0 spiro atoms. The van der Waals surface area contributed by atoms with E-state index in [0.717, 1.165) is 5.57 Å². The Balaban J connectivity index is 2.60. The van der Waals surface area contributed by atoms with Gasteiger partial charge in [0.1, 0.15) is 18.3 Å². The van der Waals surface area contributed by atoms with Gasteiger partial charge in [-0.25, -0.2) is 9.59 Å². The number of carbonyl (C=O) groups is 3. The summed E-state index contributed by atoms with van der Waals surface area (Å²) in [6.07, 6.45) is 7.51. The van der Waals surface area contributed by atoms with Gasteiger partial charge in [0.2, 0.25) is 0 Å². The summed E-state index contributed by atoms with van der Waals surface area (Å²) in [7, 11) is 0. The SMILES string of the molecule is CC/C=C/C(CC(O)CC(O)C(O)C(O)C(C)/C(Cl)=C/C=C/C=C(C)/C=C/C=C/C(=O)O[C@@H]1C[C@@H](C(=O)O)CC[C@@H]1O)OC(N)=O. The molecule has 0 aliphatic heterocycles. The van der Waals surface area contributed by atoms with E-state index in [1.807, 2.05) is 13.8 Å². The quantitative estimate of drug-likeness (QED) is 0.0486. The zero-order valence-corrected chi connectivity index (χ0v) is 27.1. The number of hydrogen-bond donors (Lipinski definition) is 7. The zero-order valence-electron chi connectivity index (χ0n) is 26.4. The molecule has 258 valence electrons. The topological polar surface area (TPSA) is 217 Å². The van der Waals surface area contributed by atoms with E-state index in [1.165, 1.54) is 18.2 Å². The molecule has 1 rings (SSSR count). The maximum Gasteiger partial charge on any atom is 0.405 e. The number of allylic oxidation sites excluding steroid dienone is 9. The molecule has 0 heterocycles. The average Bonchev–Trinajstić information content (AvgIpc) is 2.99. The standard InChI is InChI=1S/C33H48ClNO11/c1-4-5-12-24(45-33(35)44)18-23(36)19-27(38)31(41)30(40)21(3)25(34)13-8-6-10-20(2)11-7-9-14-29(39)46-28-17-22(32(42)43)15-16-26(28)37/h5-14,21-24,26-28,30-31,36-38,40-41H,4,15-19H2,1-3H3,(H2,35,44)(H,42,43)/b8-6+,11-7+,12-5+,14-9+,20-10+,25-13-/t21?,22-,23?,24?,26-,27?,28+,30?,31?/m0/s1. The summed E-state index contributed by atoms with van der Waals surface area (Å²) in [6.45, 7) is 5.25. The van der Waals surface area contributed by atoms with Crippen molar-refractivity contribution in [3.8, 4) is 0 Å². The van der Waals surface area contributed by atoms with Crippen molar-refractivity contribution < 1.29 is 54.5 Å². The minimum Gasteiger partial charge on any atom is -0.481 e. The second-order valence-corrected chi connectivity index (χ2v) is 11.7. The zero-order chi connectivity index (χ0) is 34.8. The van der Waals surface area contributed by atoms with E-state index in [9.17, 15) is 39.9 Å². The monoisotopic (exact) mass is 669 g/mol. The van der Waals surface area contributed by atoms with Crippen molar-refractivity contribution in [3.05, 3.63) is 71.4 Å². The molecule has 6 unspecified atom stereocenters. The molecule has 1 fully saturated rings. The number of carboxylic acid groups (broad SMARTS) is 1. The van der Waals surface area contributed by atoms with Crippen LogP contribution in [0.1, 0.15) is 59.3 Å². The van der Waals surface area contributed by atoms with Gasteiger partial charge in [0.15, 0.2) is 0 Å². The second kappa shape index (κ2) is 21.5. The summed E-state index contributed by atoms with van der Waals surface area (Å²) < 4.78 is 10.1. The van der Waals surface area contributed by atoms with Gasteiger partial charge >= 0.3 is 18.0 Å². The van der Waals surface area contributed by atoms with Crippen molar-refractivity contribution in [2.24, 2.45) is 17.6 Å². The number of esters is 1. The Labute approximate surface area is 274 Å². The number of ether oxygens (including phenoxy) is 2. The molecule has 0 aromatic rings. The third-order valence-corrected chi connectivity index (χ3v) is 7.84. The van der Waals surface area contributed by atoms with Gasteiger partial charge in [-0.1, -0.05) is 73.6 Å². The second-order valence-electron chi connectivity index (χ2n) is 11.2. The number of primary amides is 1. The summed E-state index contributed by atoms with van der Waals surface area (Å²) in [5.74, 6) is -3.07. The Bertz CT molecular complexity index is 1160. The summed E-state index contributed by atoms with van der Waals surface area (Å²) in [4.78, 5) is 34.3. The van der Waals surface area contributed by atoms with Gasteiger partial charge in [-0.15, -0.1) is 0 Å². The van der Waals surface area contributed by atoms with Crippen LogP contribution in [0, 0.1) is 11.8 Å². The molecule has 0 radical (unpaired) electrons. The molecule has 0 aromatic carbocycles. The van der Waals surface area contributed by atoms with Crippen molar-refractivity contribution in [3.63, 3.8) is 0 Å². The minimum atomic E-state index is -1.62. The summed E-state index contributed by atoms with van der Waals surface area (Å²) in [5, 5.41) is 61.1. The highest BCUT2D eigenvalue weighted by Crippen LogP contribution is 2.27. The van der Waals surface area contributed by atoms with E-state index < -0.39 is 72.6 Å². The summed E-state index contributed by atoms with van der Waals surface area (Å²) in [6, 6.07) is 0. The molecule has 1 aliphatic rings. The lowest BCUT2D eigenvalue weighted by atomic mass is 9.85. The van der Waals surface area contributed by atoms with Gasteiger partial charge in [0, 0.05) is 36.3 Å². The van der Waals surface area contributed by atoms with E-state index in [-0.39, 0.29) is 30.7 Å². The van der Waals surface area contributed by atoms with Crippen LogP contribution in [0.5, 0.6) is 0 Å². The van der Waals surface area contributed by atoms with Crippen LogP contribution >= 0.6 is 11.6 Å². The maximum absolute atomic E-state index is 12.1. The number of hydrogen-bond acceptors (Lipinski definition) is 10. The fourth-order valence-electron chi connectivity index (χ4n) is 4.63. The van der Waals surface area contributed by atoms with E-state index in [2.05, 4.69) is 0 Å². The predicted octanol–water partition coefficient (Wildman–Crippen LogP) is 3.17. The van der Waals surface area contributed by atoms with Crippen molar-refractivity contribution in [2.45, 2.75) is 102 Å². The predicted molar refractivity (Wildman–Crippen MR) is 172 cm³/mol. The van der Waals surface area contributed by atoms with Gasteiger partial charge < -0.3 is 45.8 Å². The van der Waals surface area contributed by atoms with Crippen LogP contribution in [0.15, 0.2) is 71.4 Å². The molecule has 8 N–H and O–H groups in total. The number of carboxylic acids is 1. The van der Waals surface area contributed by atoms with Crippen molar-refractivity contribution >= 4 is 29.6 Å². The molecular weight excluding hydrogens is 622 g/mol. The molecule has 46 heavy (non-hydrogen) atoms. The average molecular weight is 670 g/mol. The minimum absolute atomic E-state index is 0.0623. The van der Waals surface area contributed by atoms with E-state index in [0.29, 0.717) is 12.8 Å². The number of halogens is 1. The van der Waals surface area contributed by atoms with Crippen LogP contribution in [0.3, 0.4) is 0 Å². The van der Waals surface area contributed by atoms with Crippen molar-refractivity contribution in [1.82, 2.24) is 0 Å². The molecule has 1 aliphatic carbocycles. The number of aliphatic hydroxyl groups is 5. The number of rotatable bonds is 18. The lowest BCUT2D eigenvalue weighted by Gasteiger charge is -2.30. The number of carbonyl (C=O) groups excluding carboxylic acids is 2. The highest BCUT2D eigenvalue weighted by molar-refractivity contribution is 6.30. The first-order chi connectivity index (χ1) is 21.7. The van der Waals surface area contributed by atoms with Crippen LogP contribution in [-0.2, 0) is 19.1 Å². The molecule has 9 atom stereocenters. The first-order valence-electron chi connectivity index (χ1n) is 15.2. The van der Waals surface area contributed by atoms with E-state index in [4.69, 9.17) is 31.9 Å². The highest BCUT2D eigenvalue weighted by Gasteiger charge is 2.35. The van der Waals surface area contributed by atoms with Gasteiger partial charge in [0.25, 0.3) is 0 Å². The Morgan fingerprint density at radius 1 is 0.978 bits per heavy atom. The number of aliphatic carboxylic acids is 1. The third kappa shape index (κ3) is 15.8.